The number of hydrogen-bond donors (Lipinski definition) is 0. The fraction of sp³-hybridized carbons (Fsp3) is 0.600. The van der Waals surface area contributed by atoms with Crippen molar-refractivity contribution in [2.75, 3.05) is 12.2 Å². The smallest absolute Gasteiger partial charge is 0.1000 e. The third kappa shape index (κ3) is 2.64. The number of thioether (sulfide) groups is 1. The molecule has 1 rings (SSSR count). The van der Waals surface area contributed by atoms with Crippen molar-refractivity contribution in [1.29, 1.82) is 0 Å². The van der Waals surface area contributed by atoms with Gasteiger partial charge in [-0.05, 0) is 6.26 Å². The molecule has 0 saturated carbocycles. The van der Waals surface area contributed by atoms with Crippen LogP contribution in [-0.2, 0) is 11.3 Å². The van der Waals surface area contributed by atoms with Crippen LogP contribution >= 0.6 is 23.5 Å². The van der Waals surface area contributed by atoms with Crippen molar-refractivity contribution < 1.29 is 4.74 Å². The molecule has 3 nitrogen and oxygen atoms in total. The Hall–Kier alpha value is -0.130. The SMILES string of the molecule is CSCOCc1cnsn1. The second-order valence-corrected chi connectivity index (χ2v) is 3.02. The van der Waals surface area contributed by atoms with Crippen LogP contribution < -0.4 is 0 Å². The Morgan fingerprint density at radius 1 is 1.80 bits per heavy atom. The van der Waals surface area contributed by atoms with Gasteiger partial charge in [0.25, 0.3) is 0 Å². The zero-order valence-corrected chi connectivity index (χ0v) is 7.24. The highest BCUT2D eigenvalue weighted by Gasteiger charge is 1.93. The molecular weight excluding hydrogens is 168 g/mol. The summed E-state index contributed by atoms with van der Waals surface area (Å²) in [7, 11) is 0. The molecule has 5 heteroatoms. The molecule has 10 heavy (non-hydrogen) atoms. The van der Waals surface area contributed by atoms with Gasteiger partial charge >= 0.3 is 0 Å². The van der Waals surface area contributed by atoms with Gasteiger partial charge in [-0.25, -0.2) is 0 Å². The summed E-state index contributed by atoms with van der Waals surface area (Å²) in [5, 5.41) is 0. The van der Waals surface area contributed by atoms with E-state index in [1.165, 1.54) is 11.7 Å². The standard InChI is InChI=1S/C5H8N2OS2/c1-9-4-8-3-5-2-6-10-7-5/h2H,3-4H2,1H3. The maximum atomic E-state index is 5.19. The third-order valence-corrected chi connectivity index (χ3v) is 1.78. The van der Waals surface area contributed by atoms with Crippen LogP contribution in [0.4, 0.5) is 0 Å². The molecule has 0 aliphatic rings. The van der Waals surface area contributed by atoms with Gasteiger partial charge in [-0.1, -0.05) is 0 Å². The summed E-state index contributed by atoms with van der Waals surface area (Å²) in [6.45, 7) is 0.581. The van der Waals surface area contributed by atoms with Crippen molar-refractivity contribution in [2.24, 2.45) is 0 Å². The third-order valence-electron chi connectivity index (χ3n) is 0.858. The van der Waals surface area contributed by atoms with Gasteiger partial charge in [-0.15, -0.1) is 11.8 Å². The van der Waals surface area contributed by atoms with Crippen LogP contribution in [-0.4, -0.2) is 20.9 Å². The average Bonchev–Trinajstić information content (AvgIpc) is 2.41. The van der Waals surface area contributed by atoms with Crippen LogP contribution in [0.3, 0.4) is 0 Å². The van der Waals surface area contributed by atoms with Crippen LogP contribution in [0.5, 0.6) is 0 Å². The Morgan fingerprint density at radius 2 is 2.70 bits per heavy atom. The second-order valence-electron chi connectivity index (χ2n) is 1.65. The lowest BCUT2D eigenvalue weighted by molar-refractivity contribution is 0.167. The number of aromatic nitrogens is 2. The van der Waals surface area contributed by atoms with E-state index in [0.29, 0.717) is 6.61 Å². The number of ether oxygens (including phenoxy) is 1. The quantitative estimate of drug-likeness (QED) is 0.513. The monoisotopic (exact) mass is 176 g/mol. The van der Waals surface area contributed by atoms with Crippen molar-refractivity contribution in [3.8, 4) is 0 Å². The molecule has 1 aromatic heterocycles. The molecule has 0 radical (unpaired) electrons. The van der Waals surface area contributed by atoms with Crippen molar-refractivity contribution >= 4 is 23.5 Å². The van der Waals surface area contributed by atoms with E-state index in [1.54, 1.807) is 18.0 Å². The first-order valence-corrected chi connectivity index (χ1v) is 4.89. The van der Waals surface area contributed by atoms with Crippen molar-refractivity contribution in [2.45, 2.75) is 6.61 Å². The molecule has 0 bridgehead atoms. The summed E-state index contributed by atoms with van der Waals surface area (Å²) in [5.74, 6) is 0.720. The van der Waals surface area contributed by atoms with E-state index in [1.807, 2.05) is 6.26 Å². The lowest BCUT2D eigenvalue weighted by Gasteiger charge is -1.95. The van der Waals surface area contributed by atoms with Crippen molar-refractivity contribution in [1.82, 2.24) is 8.75 Å². The molecular formula is C5H8N2OS2. The lowest BCUT2D eigenvalue weighted by atomic mass is 10.5. The highest BCUT2D eigenvalue weighted by atomic mass is 32.2. The first-order valence-electron chi connectivity index (χ1n) is 2.76. The van der Waals surface area contributed by atoms with Gasteiger partial charge in [-0.2, -0.15) is 8.75 Å². The zero-order chi connectivity index (χ0) is 7.23. The van der Waals surface area contributed by atoms with E-state index >= 15 is 0 Å². The summed E-state index contributed by atoms with van der Waals surface area (Å²) in [5.41, 5.74) is 0.916. The van der Waals surface area contributed by atoms with E-state index < -0.39 is 0 Å². The minimum atomic E-state index is 0.581. The Labute approximate surface area is 68.1 Å². The van der Waals surface area contributed by atoms with Crippen LogP contribution in [0.25, 0.3) is 0 Å². The molecule has 1 heterocycles. The fourth-order valence-electron chi connectivity index (χ4n) is 0.477. The lowest BCUT2D eigenvalue weighted by Crippen LogP contribution is -1.90. The number of rotatable bonds is 4. The maximum Gasteiger partial charge on any atom is 0.1000 e. The van der Waals surface area contributed by atoms with E-state index in [4.69, 9.17) is 4.74 Å². The molecule has 56 valence electrons. The zero-order valence-electron chi connectivity index (χ0n) is 5.61. The summed E-state index contributed by atoms with van der Waals surface area (Å²) in [4.78, 5) is 0. The van der Waals surface area contributed by atoms with E-state index in [2.05, 4.69) is 8.75 Å². The van der Waals surface area contributed by atoms with E-state index in [0.717, 1.165) is 11.6 Å². The van der Waals surface area contributed by atoms with Gasteiger partial charge in [0, 0.05) is 0 Å². The summed E-state index contributed by atoms with van der Waals surface area (Å²) in [6, 6.07) is 0. The minimum Gasteiger partial charge on any atom is -0.364 e. The minimum absolute atomic E-state index is 0.581. The first kappa shape index (κ1) is 7.97. The largest absolute Gasteiger partial charge is 0.364 e. The van der Waals surface area contributed by atoms with Crippen LogP contribution in [0, 0.1) is 0 Å². The molecule has 0 spiro atoms. The summed E-state index contributed by atoms with van der Waals surface area (Å²) < 4.78 is 13.0. The van der Waals surface area contributed by atoms with E-state index in [-0.39, 0.29) is 0 Å². The Morgan fingerprint density at radius 3 is 3.30 bits per heavy atom. The second kappa shape index (κ2) is 4.65. The molecule has 0 atom stereocenters. The van der Waals surface area contributed by atoms with Gasteiger partial charge in [0.05, 0.1) is 36.2 Å². The van der Waals surface area contributed by atoms with Gasteiger partial charge in [0.1, 0.15) is 0 Å². The molecule has 0 saturated heterocycles. The Kier molecular flexibility index (Phi) is 3.71. The molecule has 0 aliphatic heterocycles. The van der Waals surface area contributed by atoms with Crippen LogP contribution in [0.15, 0.2) is 6.20 Å². The number of hydrogen-bond acceptors (Lipinski definition) is 5. The van der Waals surface area contributed by atoms with Crippen LogP contribution in [0.1, 0.15) is 5.69 Å². The Bertz CT molecular complexity index is 166. The van der Waals surface area contributed by atoms with Crippen molar-refractivity contribution in [3.05, 3.63) is 11.9 Å². The predicted octanol–water partition coefficient (Wildman–Crippen LogP) is 1.38. The molecule has 0 amide bonds. The first-order chi connectivity index (χ1) is 4.93. The van der Waals surface area contributed by atoms with Crippen molar-refractivity contribution in [3.63, 3.8) is 0 Å². The highest BCUT2D eigenvalue weighted by molar-refractivity contribution is 7.98. The molecule has 0 fully saturated rings. The molecule has 0 aromatic carbocycles. The molecule has 0 unspecified atom stereocenters. The fourth-order valence-corrected chi connectivity index (χ4v) is 1.15. The van der Waals surface area contributed by atoms with Gasteiger partial charge in [0.2, 0.25) is 0 Å². The molecule has 1 aromatic rings. The highest BCUT2D eigenvalue weighted by Crippen LogP contribution is 2.00. The predicted molar refractivity (Wildman–Crippen MR) is 43.1 cm³/mol. The van der Waals surface area contributed by atoms with E-state index in [9.17, 15) is 0 Å². The topological polar surface area (TPSA) is 35.0 Å². The van der Waals surface area contributed by atoms with Crippen LogP contribution in [0.2, 0.25) is 0 Å². The van der Waals surface area contributed by atoms with Gasteiger partial charge in [-0.3, -0.25) is 0 Å². The summed E-state index contributed by atoms with van der Waals surface area (Å²) >= 11 is 2.87. The molecule has 0 N–H and O–H groups in total. The van der Waals surface area contributed by atoms with Gasteiger partial charge < -0.3 is 4.74 Å². The Balaban J connectivity index is 2.15. The average molecular weight is 176 g/mol. The maximum absolute atomic E-state index is 5.19. The summed E-state index contributed by atoms with van der Waals surface area (Å²) in [6.07, 6.45) is 3.73. The molecule has 0 aliphatic carbocycles. The number of nitrogens with zero attached hydrogens (tertiary/aromatic N) is 2. The van der Waals surface area contributed by atoms with Gasteiger partial charge in [0.15, 0.2) is 0 Å². The normalized spacial score (nSPS) is 10.1.